The monoisotopic (exact) mass is 293 g/mol. The van der Waals surface area contributed by atoms with Gasteiger partial charge in [0, 0.05) is 11.6 Å². The van der Waals surface area contributed by atoms with Crippen molar-refractivity contribution >= 4 is 0 Å². The van der Waals surface area contributed by atoms with Gasteiger partial charge in [-0.25, -0.2) is 0 Å². The van der Waals surface area contributed by atoms with Crippen LogP contribution in [0.15, 0.2) is 67.8 Å². The topological polar surface area (TPSA) is 18.5 Å². The summed E-state index contributed by atoms with van der Waals surface area (Å²) in [7, 11) is 0. The maximum absolute atomic E-state index is 5.82. The van der Waals surface area contributed by atoms with Gasteiger partial charge in [-0.2, -0.15) is 0 Å². The van der Waals surface area contributed by atoms with Crippen LogP contribution in [0, 0.1) is 6.07 Å². The molecule has 0 aliphatic carbocycles. The lowest BCUT2D eigenvalue weighted by Gasteiger charge is -2.12. The molecule has 0 saturated heterocycles. The van der Waals surface area contributed by atoms with E-state index in [9.17, 15) is 0 Å². The largest absolute Gasteiger partial charge is 0.492 e. The lowest BCUT2D eigenvalue weighted by molar-refractivity contribution is 0.301. The third-order valence-corrected chi connectivity index (χ3v) is 3.13. The Morgan fingerprint density at radius 2 is 1.86 bits per heavy atom. The number of hydrogen-bond acceptors (Lipinski definition) is 2. The summed E-state index contributed by atoms with van der Waals surface area (Å²) in [5.41, 5.74) is 2.17. The summed E-state index contributed by atoms with van der Waals surface area (Å²) in [5, 5.41) is 0. The highest BCUT2D eigenvalue weighted by Gasteiger charge is 2.06. The molecule has 0 amide bonds. The first kappa shape index (κ1) is 15.9. The van der Waals surface area contributed by atoms with Crippen molar-refractivity contribution in [2.45, 2.75) is 19.4 Å². The van der Waals surface area contributed by atoms with E-state index in [1.165, 1.54) is 0 Å². The first-order valence-corrected chi connectivity index (χ1v) is 7.39. The molecule has 0 heterocycles. The van der Waals surface area contributed by atoms with Crippen molar-refractivity contribution in [3.8, 4) is 11.5 Å². The molecule has 2 heteroatoms. The van der Waals surface area contributed by atoms with Crippen molar-refractivity contribution in [2.24, 2.45) is 0 Å². The van der Waals surface area contributed by atoms with Crippen LogP contribution in [0.1, 0.15) is 17.5 Å². The van der Waals surface area contributed by atoms with Gasteiger partial charge in [0.2, 0.25) is 0 Å². The maximum atomic E-state index is 5.82. The van der Waals surface area contributed by atoms with Crippen LogP contribution in [0.2, 0.25) is 0 Å². The molecule has 2 aromatic carbocycles. The van der Waals surface area contributed by atoms with Crippen molar-refractivity contribution in [3.05, 3.63) is 85.0 Å². The van der Waals surface area contributed by atoms with Crippen LogP contribution in [0.5, 0.6) is 11.5 Å². The minimum absolute atomic E-state index is 0.541. The fourth-order valence-corrected chi connectivity index (χ4v) is 2.02. The predicted octanol–water partition coefficient (Wildman–Crippen LogP) is 4.75. The fraction of sp³-hybridized carbons (Fsp3) is 0.200. The van der Waals surface area contributed by atoms with Crippen LogP contribution in [0.3, 0.4) is 0 Å². The van der Waals surface area contributed by atoms with E-state index in [2.05, 4.69) is 19.2 Å². The molecule has 0 N–H and O–H groups in total. The Hall–Kier alpha value is -2.48. The summed E-state index contributed by atoms with van der Waals surface area (Å²) in [6, 6.07) is 17.1. The van der Waals surface area contributed by atoms with Gasteiger partial charge in [0.15, 0.2) is 0 Å². The molecule has 0 atom stereocenters. The van der Waals surface area contributed by atoms with Gasteiger partial charge in [-0.05, 0) is 30.5 Å². The van der Waals surface area contributed by atoms with Gasteiger partial charge in [-0.1, -0.05) is 42.5 Å². The van der Waals surface area contributed by atoms with Crippen LogP contribution < -0.4 is 9.47 Å². The lowest BCUT2D eigenvalue weighted by atomic mass is 10.1. The van der Waals surface area contributed by atoms with Crippen LogP contribution in [0.25, 0.3) is 0 Å². The van der Waals surface area contributed by atoms with E-state index in [1.54, 1.807) is 0 Å². The molecule has 0 aromatic heterocycles. The van der Waals surface area contributed by atoms with Gasteiger partial charge in [-0.15, -0.1) is 13.2 Å². The van der Waals surface area contributed by atoms with E-state index in [4.69, 9.17) is 9.47 Å². The Labute approximate surface area is 132 Å². The summed E-state index contributed by atoms with van der Waals surface area (Å²) in [4.78, 5) is 0. The standard InChI is InChI=1S/C20H21O2/c1-3-5-14-21-20-13-12-19(15-18(20)9-4-2)22-16-17-10-7-6-8-11-17/h3-4,6-8,10-12,15H,1-2,5,9,14,16H2. The van der Waals surface area contributed by atoms with E-state index >= 15 is 0 Å². The third-order valence-electron chi connectivity index (χ3n) is 3.13. The number of ether oxygens (including phenoxy) is 2. The summed E-state index contributed by atoms with van der Waals surface area (Å²) < 4.78 is 11.5. The van der Waals surface area contributed by atoms with Crippen molar-refractivity contribution < 1.29 is 9.47 Å². The van der Waals surface area contributed by atoms with Crippen molar-refractivity contribution in [1.82, 2.24) is 0 Å². The smallest absolute Gasteiger partial charge is 0.131 e. The van der Waals surface area contributed by atoms with Gasteiger partial charge >= 0.3 is 0 Å². The quantitative estimate of drug-likeness (QED) is 0.490. The lowest BCUT2D eigenvalue weighted by Crippen LogP contribution is -2.01. The zero-order valence-corrected chi connectivity index (χ0v) is 12.8. The highest BCUT2D eigenvalue weighted by Crippen LogP contribution is 2.25. The molecule has 0 spiro atoms. The summed E-state index contributed by atoms with van der Waals surface area (Å²) in [6.45, 7) is 8.63. The van der Waals surface area contributed by atoms with E-state index in [0.29, 0.717) is 13.2 Å². The number of rotatable bonds is 9. The SMILES string of the molecule is C=CCCOc1[c]cc(OCc2ccccc2)cc1CC=C. The average Bonchev–Trinajstić information content (AvgIpc) is 2.56. The first-order chi connectivity index (χ1) is 10.8. The van der Waals surface area contributed by atoms with Crippen molar-refractivity contribution in [1.29, 1.82) is 0 Å². The molecule has 113 valence electrons. The molecular weight excluding hydrogens is 272 g/mol. The molecule has 0 bridgehead atoms. The Morgan fingerprint density at radius 1 is 1.05 bits per heavy atom. The minimum Gasteiger partial charge on any atom is -0.492 e. The molecule has 0 unspecified atom stereocenters. The number of allylic oxidation sites excluding steroid dienone is 1. The van der Waals surface area contributed by atoms with Crippen LogP contribution in [-0.4, -0.2) is 6.61 Å². The van der Waals surface area contributed by atoms with E-state index < -0.39 is 0 Å². The maximum Gasteiger partial charge on any atom is 0.131 e. The predicted molar refractivity (Wildman–Crippen MR) is 90.3 cm³/mol. The Kier molecular flexibility index (Phi) is 6.31. The highest BCUT2D eigenvalue weighted by molar-refractivity contribution is 5.40. The molecule has 0 fully saturated rings. The summed E-state index contributed by atoms with van der Waals surface area (Å²) in [6.07, 6.45) is 5.23. The molecule has 0 aliphatic heterocycles. The second-order valence-corrected chi connectivity index (χ2v) is 4.88. The normalized spacial score (nSPS) is 10.0. The molecular formula is C20H21O2. The second-order valence-electron chi connectivity index (χ2n) is 4.88. The molecule has 2 rings (SSSR count). The van der Waals surface area contributed by atoms with Gasteiger partial charge in [0.25, 0.3) is 0 Å². The highest BCUT2D eigenvalue weighted by atomic mass is 16.5. The first-order valence-electron chi connectivity index (χ1n) is 7.39. The summed E-state index contributed by atoms with van der Waals surface area (Å²) >= 11 is 0. The Morgan fingerprint density at radius 3 is 2.59 bits per heavy atom. The molecule has 0 aliphatic rings. The average molecular weight is 293 g/mol. The fourth-order valence-electron chi connectivity index (χ4n) is 2.02. The number of hydrogen-bond donors (Lipinski definition) is 0. The minimum atomic E-state index is 0.541. The molecule has 0 saturated carbocycles. The van der Waals surface area contributed by atoms with Crippen molar-refractivity contribution in [3.63, 3.8) is 0 Å². The second kappa shape index (κ2) is 8.73. The van der Waals surface area contributed by atoms with E-state index in [-0.39, 0.29) is 0 Å². The zero-order valence-electron chi connectivity index (χ0n) is 12.8. The van der Waals surface area contributed by atoms with E-state index in [1.807, 2.05) is 54.6 Å². The van der Waals surface area contributed by atoms with Crippen LogP contribution in [0.4, 0.5) is 0 Å². The zero-order chi connectivity index (χ0) is 15.6. The number of benzene rings is 2. The van der Waals surface area contributed by atoms with Crippen molar-refractivity contribution in [2.75, 3.05) is 6.61 Å². The van der Waals surface area contributed by atoms with Gasteiger partial charge in [0.1, 0.15) is 18.1 Å². The van der Waals surface area contributed by atoms with Gasteiger partial charge in [-0.3, -0.25) is 0 Å². The molecule has 2 aromatic rings. The molecule has 22 heavy (non-hydrogen) atoms. The van der Waals surface area contributed by atoms with Gasteiger partial charge in [0.05, 0.1) is 6.61 Å². The Bertz CT molecular complexity index is 602. The molecule has 1 radical (unpaired) electrons. The molecule has 2 nitrogen and oxygen atoms in total. The third kappa shape index (κ3) is 4.81. The van der Waals surface area contributed by atoms with Crippen LogP contribution >= 0.6 is 0 Å². The van der Waals surface area contributed by atoms with E-state index in [0.717, 1.165) is 35.5 Å². The Balaban J connectivity index is 2.04. The van der Waals surface area contributed by atoms with Gasteiger partial charge < -0.3 is 9.47 Å². The van der Waals surface area contributed by atoms with Crippen LogP contribution in [-0.2, 0) is 13.0 Å². The summed E-state index contributed by atoms with van der Waals surface area (Å²) in [5.74, 6) is 1.55.